The predicted octanol–water partition coefficient (Wildman–Crippen LogP) is -4.32. The highest BCUT2D eigenvalue weighted by atomic mass is 16.7. The minimum atomic E-state index is -1.81. The zero-order valence-corrected chi connectivity index (χ0v) is 9.29. The van der Waals surface area contributed by atoms with Crippen molar-refractivity contribution in [2.45, 2.75) is 36.8 Å². The average molecular weight is 268 g/mol. The molecular formula is C9H16O9. The van der Waals surface area contributed by atoms with Gasteiger partial charge in [0.2, 0.25) is 6.29 Å². The number of rotatable bonds is 4. The van der Waals surface area contributed by atoms with Gasteiger partial charge in [0.05, 0.1) is 13.2 Å². The van der Waals surface area contributed by atoms with Crippen molar-refractivity contribution in [3.05, 3.63) is 0 Å². The minimum Gasteiger partial charge on any atom is -0.431 e. The zero-order chi connectivity index (χ0) is 13.9. The van der Waals surface area contributed by atoms with Crippen LogP contribution in [0.1, 0.15) is 0 Å². The number of aliphatic hydroxyl groups is 6. The molecule has 1 aliphatic rings. The van der Waals surface area contributed by atoms with Gasteiger partial charge in [0, 0.05) is 0 Å². The molecule has 6 N–H and O–H groups in total. The second-order valence-corrected chi connectivity index (χ2v) is 3.83. The third-order valence-electron chi connectivity index (χ3n) is 2.53. The lowest BCUT2D eigenvalue weighted by Crippen LogP contribution is -2.59. The monoisotopic (exact) mass is 268 g/mol. The highest BCUT2D eigenvalue weighted by molar-refractivity contribution is 5.74. The van der Waals surface area contributed by atoms with E-state index < -0.39 is 56.0 Å². The molecule has 0 aromatic heterocycles. The van der Waals surface area contributed by atoms with E-state index in [4.69, 9.17) is 20.1 Å². The van der Waals surface area contributed by atoms with Gasteiger partial charge < -0.3 is 40.1 Å². The third-order valence-corrected chi connectivity index (χ3v) is 2.53. The molecule has 0 amide bonds. The first-order valence-corrected chi connectivity index (χ1v) is 5.22. The van der Waals surface area contributed by atoms with Crippen LogP contribution in [0.2, 0.25) is 0 Å². The first kappa shape index (κ1) is 15.2. The van der Waals surface area contributed by atoms with Gasteiger partial charge in [-0.1, -0.05) is 0 Å². The molecule has 1 rings (SSSR count). The Hall–Kier alpha value is -0.810. The molecule has 6 atom stereocenters. The predicted molar refractivity (Wildman–Crippen MR) is 53.0 cm³/mol. The van der Waals surface area contributed by atoms with Crippen molar-refractivity contribution >= 4 is 5.97 Å². The average Bonchev–Trinajstić information content (AvgIpc) is 2.38. The Kier molecular flexibility index (Phi) is 5.41. The number of ether oxygens (including phenoxy) is 2. The van der Waals surface area contributed by atoms with Crippen molar-refractivity contribution in [2.24, 2.45) is 0 Å². The normalized spacial score (nSPS) is 38.2. The molecule has 0 radical (unpaired) electrons. The van der Waals surface area contributed by atoms with Gasteiger partial charge in [-0.3, -0.25) is 0 Å². The Morgan fingerprint density at radius 1 is 1.17 bits per heavy atom. The van der Waals surface area contributed by atoms with Gasteiger partial charge in [-0.05, 0) is 0 Å². The van der Waals surface area contributed by atoms with Gasteiger partial charge in [0.1, 0.15) is 24.4 Å². The third kappa shape index (κ3) is 3.14. The van der Waals surface area contributed by atoms with Crippen LogP contribution in [0.5, 0.6) is 0 Å². The van der Waals surface area contributed by atoms with E-state index >= 15 is 0 Å². The van der Waals surface area contributed by atoms with E-state index in [1.165, 1.54) is 0 Å². The maximum Gasteiger partial charge on any atom is 0.339 e. The molecule has 9 nitrogen and oxygen atoms in total. The Balaban J connectivity index is 2.67. The summed E-state index contributed by atoms with van der Waals surface area (Å²) in [7, 11) is 0. The number of aliphatic hydroxyl groups excluding tert-OH is 6. The van der Waals surface area contributed by atoms with Gasteiger partial charge in [-0.2, -0.15) is 0 Å². The topological polar surface area (TPSA) is 157 Å². The fraction of sp³-hybridized carbons (Fsp3) is 0.889. The maximum absolute atomic E-state index is 11.1. The zero-order valence-electron chi connectivity index (χ0n) is 9.29. The molecule has 0 spiro atoms. The standard InChI is InChI=1S/C9H16O9/c10-1-3(12)8(16)18-9-7(15)6(14)5(13)4(2-11)17-9/h3-7,9-15H,1-2H2/t3?,4-,5-,6+,7-,9-/m1/s1. The molecule has 18 heavy (non-hydrogen) atoms. The first-order valence-electron chi connectivity index (χ1n) is 5.22. The van der Waals surface area contributed by atoms with Gasteiger partial charge in [0.25, 0.3) is 0 Å². The Bertz CT molecular complexity index is 281. The van der Waals surface area contributed by atoms with Crippen LogP contribution in [-0.4, -0.2) is 86.6 Å². The summed E-state index contributed by atoms with van der Waals surface area (Å²) >= 11 is 0. The van der Waals surface area contributed by atoms with Crippen LogP contribution in [0.4, 0.5) is 0 Å². The molecule has 0 bridgehead atoms. The largest absolute Gasteiger partial charge is 0.431 e. The molecule has 0 saturated carbocycles. The van der Waals surface area contributed by atoms with Crippen molar-refractivity contribution in [3.8, 4) is 0 Å². The molecule has 1 heterocycles. The summed E-state index contributed by atoms with van der Waals surface area (Å²) in [4.78, 5) is 11.1. The van der Waals surface area contributed by atoms with E-state index in [1.54, 1.807) is 0 Å². The van der Waals surface area contributed by atoms with Crippen LogP contribution in [0.3, 0.4) is 0 Å². The van der Waals surface area contributed by atoms with Crippen LogP contribution in [0.15, 0.2) is 0 Å². The van der Waals surface area contributed by atoms with Crippen molar-refractivity contribution < 1.29 is 44.9 Å². The lowest BCUT2D eigenvalue weighted by atomic mass is 9.99. The van der Waals surface area contributed by atoms with Crippen LogP contribution < -0.4 is 0 Å². The van der Waals surface area contributed by atoms with Gasteiger partial charge in [-0.25, -0.2) is 4.79 Å². The van der Waals surface area contributed by atoms with Gasteiger partial charge in [-0.15, -0.1) is 0 Å². The lowest BCUT2D eigenvalue weighted by Gasteiger charge is -2.39. The highest BCUT2D eigenvalue weighted by Crippen LogP contribution is 2.22. The molecule has 0 aromatic carbocycles. The van der Waals surface area contributed by atoms with Crippen molar-refractivity contribution in [3.63, 3.8) is 0 Å². The maximum atomic E-state index is 11.1. The second kappa shape index (κ2) is 6.38. The second-order valence-electron chi connectivity index (χ2n) is 3.83. The molecule has 9 heteroatoms. The summed E-state index contributed by atoms with van der Waals surface area (Å²) in [5.41, 5.74) is 0. The SMILES string of the molecule is O=C(O[C@H]1O[C@H](CO)[C@@H](O)[C@H](O)[C@H]1O)C(O)CO. The molecule has 1 fully saturated rings. The summed E-state index contributed by atoms with van der Waals surface area (Å²) in [6, 6.07) is 0. The number of hydrogen-bond donors (Lipinski definition) is 6. The lowest BCUT2D eigenvalue weighted by molar-refractivity contribution is -0.294. The van der Waals surface area contributed by atoms with E-state index in [2.05, 4.69) is 4.74 Å². The van der Waals surface area contributed by atoms with E-state index in [0.29, 0.717) is 0 Å². The fourth-order valence-corrected chi connectivity index (χ4v) is 1.43. The molecular weight excluding hydrogens is 252 g/mol. The Morgan fingerprint density at radius 3 is 2.28 bits per heavy atom. The fourth-order valence-electron chi connectivity index (χ4n) is 1.43. The molecule has 1 aliphatic heterocycles. The van der Waals surface area contributed by atoms with E-state index in [1.807, 2.05) is 0 Å². The van der Waals surface area contributed by atoms with Crippen molar-refractivity contribution in [1.82, 2.24) is 0 Å². The molecule has 0 aromatic rings. The molecule has 1 saturated heterocycles. The van der Waals surface area contributed by atoms with Crippen LogP contribution in [-0.2, 0) is 14.3 Å². The van der Waals surface area contributed by atoms with Crippen LogP contribution in [0.25, 0.3) is 0 Å². The smallest absolute Gasteiger partial charge is 0.339 e. The summed E-state index contributed by atoms with van der Waals surface area (Å²) in [5, 5.41) is 54.6. The van der Waals surface area contributed by atoms with Crippen molar-refractivity contribution in [1.29, 1.82) is 0 Å². The van der Waals surface area contributed by atoms with E-state index in [0.717, 1.165) is 0 Å². The van der Waals surface area contributed by atoms with Crippen LogP contribution >= 0.6 is 0 Å². The Labute approximate surface area is 102 Å². The molecule has 1 unspecified atom stereocenters. The summed E-state index contributed by atoms with van der Waals surface area (Å²) in [6.45, 7) is -1.54. The van der Waals surface area contributed by atoms with E-state index in [9.17, 15) is 20.1 Å². The summed E-state index contributed by atoms with van der Waals surface area (Å²) < 4.78 is 9.35. The summed E-state index contributed by atoms with van der Waals surface area (Å²) in [5.74, 6) is -1.26. The quantitative estimate of drug-likeness (QED) is 0.277. The number of carbonyl (C=O) groups is 1. The van der Waals surface area contributed by atoms with Gasteiger partial charge >= 0.3 is 5.97 Å². The summed E-state index contributed by atoms with van der Waals surface area (Å²) in [6.07, 6.45) is -9.67. The van der Waals surface area contributed by atoms with Crippen molar-refractivity contribution in [2.75, 3.05) is 13.2 Å². The first-order chi connectivity index (χ1) is 8.42. The highest BCUT2D eigenvalue weighted by Gasteiger charge is 2.45. The van der Waals surface area contributed by atoms with E-state index in [-0.39, 0.29) is 0 Å². The number of esters is 1. The van der Waals surface area contributed by atoms with Crippen LogP contribution in [0, 0.1) is 0 Å². The minimum absolute atomic E-state index is 0.665. The van der Waals surface area contributed by atoms with Gasteiger partial charge in [0.15, 0.2) is 6.10 Å². The number of carbonyl (C=O) groups excluding carboxylic acids is 1. The molecule has 106 valence electrons. The molecule has 0 aliphatic carbocycles. The number of hydrogen-bond acceptors (Lipinski definition) is 9. The Morgan fingerprint density at radius 2 is 1.78 bits per heavy atom.